The number of aromatic nitrogens is 1. The quantitative estimate of drug-likeness (QED) is 0.682. The Morgan fingerprint density at radius 2 is 2.50 bits per heavy atom. The molecule has 0 bridgehead atoms. The maximum atomic E-state index is 8.82. The van der Waals surface area contributed by atoms with Gasteiger partial charge in [0.2, 0.25) is 5.88 Å². The van der Waals surface area contributed by atoms with E-state index < -0.39 is 0 Å². The number of aromatic hydroxyl groups is 1. The van der Waals surface area contributed by atoms with Crippen LogP contribution in [0.15, 0.2) is 5.38 Å². The Kier molecular flexibility index (Phi) is 2.65. The Bertz CT molecular complexity index is 199. The lowest BCUT2D eigenvalue weighted by Gasteiger charge is -1.89. The molecule has 0 atom stereocenters. The summed E-state index contributed by atoms with van der Waals surface area (Å²) in [4.78, 5) is 3.87. The van der Waals surface area contributed by atoms with Gasteiger partial charge in [-0.05, 0) is 13.0 Å². The largest absolute Gasteiger partial charge is 0.493 e. The predicted molar refractivity (Wildman–Crippen MR) is 41.2 cm³/mol. The monoisotopic (exact) mass is 158 g/mol. The van der Waals surface area contributed by atoms with Crippen molar-refractivity contribution in [2.75, 3.05) is 6.54 Å². The molecular weight excluding hydrogens is 148 g/mol. The molecule has 1 heterocycles. The van der Waals surface area contributed by atoms with Crippen molar-refractivity contribution in [2.45, 2.75) is 12.8 Å². The number of hydrogen-bond donors (Lipinski definition) is 2. The summed E-state index contributed by atoms with van der Waals surface area (Å²) in [7, 11) is 0. The van der Waals surface area contributed by atoms with E-state index in [0.717, 1.165) is 17.8 Å². The van der Waals surface area contributed by atoms with Gasteiger partial charge in [0.1, 0.15) is 0 Å². The second kappa shape index (κ2) is 3.53. The maximum Gasteiger partial charge on any atom is 0.222 e. The van der Waals surface area contributed by atoms with Crippen molar-refractivity contribution < 1.29 is 5.11 Å². The van der Waals surface area contributed by atoms with E-state index in [1.807, 2.05) is 0 Å². The van der Waals surface area contributed by atoms with Gasteiger partial charge in [0.15, 0.2) is 0 Å². The zero-order chi connectivity index (χ0) is 7.40. The van der Waals surface area contributed by atoms with Gasteiger partial charge >= 0.3 is 0 Å². The molecule has 0 spiro atoms. The highest BCUT2D eigenvalue weighted by molar-refractivity contribution is 7.09. The standard InChI is InChI=1S/C6H10N2OS/c7-3-1-2-6-8-5(9)4-10-6/h4,9H,1-3,7H2. The Morgan fingerprint density at radius 3 is 3.00 bits per heavy atom. The molecule has 3 N–H and O–H groups in total. The molecule has 0 aliphatic heterocycles. The fourth-order valence-electron chi connectivity index (χ4n) is 0.669. The minimum Gasteiger partial charge on any atom is -0.493 e. The van der Waals surface area contributed by atoms with E-state index in [1.54, 1.807) is 5.38 Å². The van der Waals surface area contributed by atoms with Crippen LogP contribution < -0.4 is 5.73 Å². The number of aryl methyl sites for hydroxylation is 1. The second-order valence-corrected chi connectivity index (χ2v) is 2.93. The smallest absolute Gasteiger partial charge is 0.222 e. The molecule has 3 nitrogen and oxygen atoms in total. The van der Waals surface area contributed by atoms with Crippen LogP contribution in [0.5, 0.6) is 5.88 Å². The van der Waals surface area contributed by atoms with Crippen LogP contribution in [0.3, 0.4) is 0 Å². The summed E-state index contributed by atoms with van der Waals surface area (Å²) < 4.78 is 0. The van der Waals surface area contributed by atoms with Crippen molar-refractivity contribution in [3.8, 4) is 5.88 Å². The fraction of sp³-hybridized carbons (Fsp3) is 0.500. The molecule has 0 amide bonds. The van der Waals surface area contributed by atoms with Crippen molar-refractivity contribution in [3.63, 3.8) is 0 Å². The van der Waals surface area contributed by atoms with Gasteiger partial charge in [0.25, 0.3) is 0 Å². The zero-order valence-corrected chi connectivity index (χ0v) is 6.40. The Morgan fingerprint density at radius 1 is 1.70 bits per heavy atom. The average Bonchev–Trinajstić information content (AvgIpc) is 2.31. The number of nitrogens with zero attached hydrogens (tertiary/aromatic N) is 1. The minimum absolute atomic E-state index is 0.122. The van der Waals surface area contributed by atoms with Crippen molar-refractivity contribution in [1.29, 1.82) is 0 Å². The van der Waals surface area contributed by atoms with Crippen LogP contribution in [0, 0.1) is 0 Å². The van der Waals surface area contributed by atoms with Gasteiger partial charge in [-0.1, -0.05) is 0 Å². The first-order valence-electron chi connectivity index (χ1n) is 3.16. The first kappa shape index (κ1) is 7.50. The van der Waals surface area contributed by atoms with E-state index in [2.05, 4.69) is 4.98 Å². The highest BCUT2D eigenvalue weighted by Gasteiger charge is 1.97. The Balaban J connectivity index is 2.42. The molecule has 56 valence electrons. The first-order valence-corrected chi connectivity index (χ1v) is 4.04. The van der Waals surface area contributed by atoms with Crippen molar-refractivity contribution in [3.05, 3.63) is 10.4 Å². The zero-order valence-electron chi connectivity index (χ0n) is 5.58. The third kappa shape index (κ3) is 1.97. The Hall–Kier alpha value is -0.610. The molecule has 1 aromatic heterocycles. The lowest BCUT2D eigenvalue weighted by atomic mass is 10.3. The fourth-order valence-corrected chi connectivity index (χ4v) is 1.37. The molecule has 0 aliphatic carbocycles. The maximum absolute atomic E-state index is 8.82. The van der Waals surface area contributed by atoms with Gasteiger partial charge < -0.3 is 10.8 Å². The lowest BCUT2D eigenvalue weighted by Crippen LogP contribution is -1.99. The molecule has 0 saturated carbocycles. The molecule has 0 aromatic carbocycles. The van der Waals surface area contributed by atoms with Crippen LogP contribution in [0.25, 0.3) is 0 Å². The SMILES string of the molecule is NCCCc1nc(O)cs1. The summed E-state index contributed by atoms with van der Waals surface area (Å²) in [6.07, 6.45) is 1.81. The summed E-state index contributed by atoms with van der Waals surface area (Å²) in [5.41, 5.74) is 5.30. The second-order valence-electron chi connectivity index (χ2n) is 1.99. The molecule has 0 aliphatic rings. The number of rotatable bonds is 3. The number of nitrogens with two attached hydrogens (primary N) is 1. The molecule has 1 rings (SSSR count). The van der Waals surface area contributed by atoms with Gasteiger partial charge in [-0.15, -0.1) is 11.3 Å². The van der Waals surface area contributed by atoms with Gasteiger partial charge in [0.05, 0.1) is 10.4 Å². The predicted octanol–water partition coefficient (Wildman–Crippen LogP) is 0.740. The molecular formula is C6H10N2OS. The van der Waals surface area contributed by atoms with Crippen LogP contribution in [0.1, 0.15) is 11.4 Å². The topological polar surface area (TPSA) is 59.1 Å². The Labute approximate surface area is 63.5 Å². The van der Waals surface area contributed by atoms with E-state index in [0.29, 0.717) is 6.54 Å². The van der Waals surface area contributed by atoms with Crippen LogP contribution in [0.4, 0.5) is 0 Å². The van der Waals surface area contributed by atoms with E-state index in [4.69, 9.17) is 10.8 Å². The van der Waals surface area contributed by atoms with Crippen molar-refractivity contribution >= 4 is 11.3 Å². The van der Waals surface area contributed by atoms with Crippen LogP contribution in [-0.4, -0.2) is 16.6 Å². The van der Waals surface area contributed by atoms with Gasteiger partial charge in [-0.25, -0.2) is 4.98 Å². The third-order valence-electron chi connectivity index (χ3n) is 1.13. The van der Waals surface area contributed by atoms with E-state index >= 15 is 0 Å². The lowest BCUT2D eigenvalue weighted by molar-refractivity contribution is 0.455. The van der Waals surface area contributed by atoms with Gasteiger partial charge in [0, 0.05) is 6.42 Å². The van der Waals surface area contributed by atoms with Crippen LogP contribution in [-0.2, 0) is 6.42 Å². The van der Waals surface area contributed by atoms with E-state index in [-0.39, 0.29) is 5.88 Å². The number of hydrogen-bond acceptors (Lipinski definition) is 4. The van der Waals surface area contributed by atoms with Gasteiger partial charge in [-0.3, -0.25) is 0 Å². The van der Waals surface area contributed by atoms with E-state index in [1.165, 1.54) is 11.3 Å². The molecule has 0 radical (unpaired) electrons. The molecule has 0 saturated heterocycles. The van der Waals surface area contributed by atoms with Crippen molar-refractivity contribution in [1.82, 2.24) is 4.98 Å². The number of thiazole rings is 1. The average molecular weight is 158 g/mol. The highest BCUT2D eigenvalue weighted by Crippen LogP contribution is 2.15. The molecule has 1 aromatic rings. The molecule has 10 heavy (non-hydrogen) atoms. The van der Waals surface area contributed by atoms with Gasteiger partial charge in [-0.2, -0.15) is 0 Å². The summed E-state index contributed by atoms with van der Waals surface area (Å²) >= 11 is 1.47. The molecule has 0 unspecified atom stereocenters. The van der Waals surface area contributed by atoms with E-state index in [9.17, 15) is 0 Å². The molecule has 4 heteroatoms. The molecule has 0 fully saturated rings. The summed E-state index contributed by atoms with van der Waals surface area (Å²) in [6.45, 7) is 0.681. The summed E-state index contributed by atoms with van der Waals surface area (Å²) in [6, 6.07) is 0. The minimum atomic E-state index is 0.122. The van der Waals surface area contributed by atoms with Crippen LogP contribution >= 0.6 is 11.3 Å². The first-order chi connectivity index (χ1) is 4.83. The highest BCUT2D eigenvalue weighted by atomic mass is 32.1. The van der Waals surface area contributed by atoms with Crippen molar-refractivity contribution in [2.24, 2.45) is 5.73 Å². The normalized spacial score (nSPS) is 10.1. The summed E-state index contributed by atoms with van der Waals surface area (Å²) in [5, 5.41) is 11.4. The third-order valence-corrected chi connectivity index (χ3v) is 2.03. The van der Waals surface area contributed by atoms with Crippen LogP contribution in [0.2, 0.25) is 0 Å². The summed E-state index contributed by atoms with van der Waals surface area (Å²) in [5.74, 6) is 0.122.